The molecular formula is C11H12N3. The molecule has 0 atom stereocenters. The fourth-order valence-corrected chi connectivity index (χ4v) is 1.58. The Morgan fingerprint density at radius 2 is 1.36 bits per heavy atom. The molecule has 0 aromatic heterocycles. The Labute approximate surface area is 82.5 Å². The maximum absolute atomic E-state index is 5.86. The van der Waals surface area contributed by atoms with Crippen LogP contribution in [0.25, 0.3) is 10.8 Å². The van der Waals surface area contributed by atoms with Crippen molar-refractivity contribution in [2.24, 2.45) is 0 Å². The van der Waals surface area contributed by atoms with Gasteiger partial charge in [0.1, 0.15) is 0 Å². The van der Waals surface area contributed by atoms with E-state index in [1.54, 1.807) is 0 Å². The van der Waals surface area contributed by atoms with Crippen LogP contribution in [0.4, 0.5) is 17.1 Å². The van der Waals surface area contributed by atoms with Crippen molar-refractivity contribution >= 4 is 27.8 Å². The van der Waals surface area contributed by atoms with Crippen molar-refractivity contribution in [3.05, 3.63) is 36.8 Å². The standard InChI is InChI=1S/C11H12N3/c1-6-7-4-2-3-5-8(7)10(13)11(14)9(6)12/h2-5H,1,12-14H2. The van der Waals surface area contributed by atoms with E-state index < -0.39 is 0 Å². The Balaban J connectivity index is 3.02. The normalized spacial score (nSPS) is 10.6. The van der Waals surface area contributed by atoms with Gasteiger partial charge < -0.3 is 17.2 Å². The van der Waals surface area contributed by atoms with E-state index in [1.165, 1.54) is 0 Å². The van der Waals surface area contributed by atoms with Crippen molar-refractivity contribution in [3.8, 4) is 0 Å². The Bertz CT molecular complexity index is 457. The molecule has 0 aliphatic carbocycles. The number of anilines is 3. The van der Waals surface area contributed by atoms with Gasteiger partial charge >= 0.3 is 0 Å². The minimum atomic E-state index is 0.425. The number of nitrogen functional groups attached to an aromatic ring is 3. The second-order valence-electron chi connectivity index (χ2n) is 3.27. The first kappa shape index (κ1) is 8.69. The summed E-state index contributed by atoms with van der Waals surface area (Å²) in [5.41, 5.74) is 19.6. The Morgan fingerprint density at radius 1 is 0.786 bits per heavy atom. The molecular weight excluding hydrogens is 174 g/mol. The number of hydrogen-bond donors (Lipinski definition) is 3. The molecule has 3 heteroatoms. The molecule has 0 bridgehead atoms. The van der Waals surface area contributed by atoms with E-state index in [2.05, 4.69) is 6.92 Å². The van der Waals surface area contributed by atoms with Crippen molar-refractivity contribution in [2.45, 2.75) is 0 Å². The molecule has 0 fully saturated rings. The van der Waals surface area contributed by atoms with Crippen LogP contribution in [0, 0.1) is 6.92 Å². The van der Waals surface area contributed by atoms with Crippen LogP contribution in [0.5, 0.6) is 0 Å². The third-order valence-corrected chi connectivity index (χ3v) is 2.45. The van der Waals surface area contributed by atoms with E-state index in [0.29, 0.717) is 17.1 Å². The van der Waals surface area contributed by atoms with Crippen LogP contribution in [0.3, 0.4) is 0 Å². The molecule has 3 nitrogen and oxygen atoms in total. The van der Waals surface area contributed by atoms with E-state index in [0.717, 1.165) is 16.3 Å². The molecule has 14 heavy (non-hydrogen) atoms. The quantitative estimate of drug-likeness (QED) is 0.548. The van der Waals surface area contributed by atoms with Crippen LogP contribution >= 0.6 is 0 Å². The zero-order valence-corrected chi connectivity index (χ0v) is 7.75. The highest BCUT2D eigenvalue weighted by atomic mass is 14.7. The minimum Gasteiger partial charge on any atom is -0.397 e. The SMILES string of the molecule is [CH2]c1c(N)c(N)c(N)c2ccccc12. The molecule has 71 valence electrons. The Morgan fingerprint density at radius 3 is 2.00 bits per heavy atom. The monoisotopic (exact) mass is 186 g/mol. The molecule has 6 N–H and O–H groups in total. The maximum atomic E-state index is 5.86. The van der Waals surface area contributed by atoms with Gasteiger partial charge in [0.25, 0.3) is 0 Å². The average molecular weight is 186 g/mol. The number of hydrogen-bond acceptors (Lipinski definition) is 3. The smallest absolute Gasteiger partial charge is 0.0790 e. The van der Waals surface area contributed by atoms with Gasteiger partial charge in [-0.1, -0.05) is 24.3 Å². The van der Waals surface area contributed by atoms with Gasteiger partial charge in [0, 0.05) is 5.39 Å². The first-order chi connectivity index (χ1) is 6.63. The minimum absolute atomic E-state index is 0.425. The van der Waals surface area contributed by atoms with Gasteiger partial charge in [-0.3, -0.25) is 0 Å². The number of rotatable bonds is 0. The van der Waals surface area contributed by atoms with E-state index in [9.17, 15) is 0 Å². The third kappa shape index (κ3) is 0.988. The van der Waals surface area contributed by atoms with Crippen molar-refractivity contribution < 1.29 is 0 Å². The van der Waals surface area contributed by atoms with Crippen molar-refractivity contribution in [3.63, 3.8) is 0 Å². The Kier molecular flexibility index (Phi) is 1.74. The van der Waals surface area contributed by atoms with Gasteiger partial charge in [-0.15, -0.1) is 0 Å². The lowest BCUT2D eigenvalue weighted by molar-refractivity contribution is 1.63. The second-order valence-corrected chi connectivity index (χ2v) is 3.27. The number of nitrogens with two attached hydrogens (primary N) is 3. The summed E-state index contributed by atoms with van der Waals surface area (Å²) in [6.07, 6.45) is 0. The lowest BCUT2D eigenvalue weighted by Crippen LogP contribution is -2.03. The summed E-state index contributed by atoms with van der Waals surface area (Å²) < 4.78 is 0. The highest BCUT2D eigenvalue weighted by Crippen LogP contribution is 2.35. The molecule has 0 saturated carbocycles. The summed E-state index contributed by atoms with van der Waals surface area (Å²) in [5, 5.41) is 1.86. The highest BCUT2D eigenvalue weighted by Gasteiger charge is 2.09. The Hall–Kier alpha value is -1.90. The van der Waals surface area contributed by atoms with Crippen LogP contribution < -0.4 is 17.2 Å². The van der Waals surface area contributed by atoms with Gasteiger partial charge in [0.2, 0.25) is 0 Å². The van der Waals surface area contributed by atoms with Crippen molar-refractivity contribution in [1.29, 1.82) is 0 Å². The van der Waals surface area contributed by atoms with E-state index in [-0.39, 0.29) is 0 Å². The molecule has 2 aromatic carbocycles. The topological polar surface area (TPSA) is 78.1 Å². The summed E-state index contributed by atoms with van der Waals surface area (Å²) in [6, 6.07) is 7.68. The van der Waals surface area contributed by atoms with Gasteiger partial charge in [0.15, 0.2) is 0 Å². The summed E-state index contributed by atoms with van der Waals surface area (Å²) in [7, 11) is 0. The van der Waals surface area contributed by atoms with E-state index in [1.807, 2.05) is 24.3 Å². The van der Waals surface area contributed by atoms with Crippen LogP contribution in [0.1, 0.15) is 5.56 Å². The van der Waals surface area contributed by atoms with E-state index in [4.69, 9.17) is 17.2 Å². The van der Waals surface area contributed by atoms with Crippen LogP contribution in [-0.4, -0.2) is 0 Å². The molecule has 0 saturated heterocycles. The predicted octanol–water partition coefficient (Wildman–Crippen LogP) is 1.77. The van der Waals surface area contributed by atoms with E-state index >= 15 is 0 Å². The van der Waals surface area contributed by atoms with Crippen LogP contribution in [0.15, 0.2) is 24.3 Å². The molecule has 2 aromatic rings. The van der Waals surface area contributed by atoms with Crippen LogP contribution in [0.2, 0.25) is 0 Å². The van der Waals surface area contributed by atoms with Gasteiger partial charge in [-0.25, -0.2) is 0 Å². The summed E-state index contributed by atoms with van der Waals surface area (Å²) in [5.74, 6) is 0. The molecule has 0 aliphatic rings. The highest BCUT2D eigenvalue weighted by molar-refractivity contribution is 6.06. The zero-order chi connectivity index (χ0) is 10.3. The average Bonchev–Trinajstić information content (AvgIpc) is 2.23. The first-order valence-corrected chi connectivity index (χ1v) is 4.30. The van der Waals surface area contributed by atoms with Crippen LogP contribution in [-0.2, 0) is 0 Å². The first-order valence-electron chi connectivity index (χ1n) is 4.30. The number of benzene rings is 2. The second kappa shape index (κ2) is 2.80. The van der Waals surface area contributed by atoms with Crippen molar-refractivity contribution in [1.82, 2.24) is 0 Å². The van der Waals surface area contributed by atoms with Gasteiger partial charge in [0.05, 0.1) is 17.1 Å². The summed E-state index contributed by atoms with van der Waals surface area (Å²) >= 11 is 0. The fourth-order valence-electron chi connectivity index (χ4n) is 1.58. The molecule has 0 aliphatic heterocycles. The molecule has 1 radical (unpaired) electrons. The lowest BCUT2D eigenvalue weighted by Gasteiger charge is -2.12. The number of fused-ring (bicyclic) bond motifs is 1. The predicted molar refractivity (Wildman–Crippen MR) is 61.6 cm³/mol. The molecule has 2 rings (SSSR count). The largest absolute Gasteiger partial charge is 0.397 e. The zero-order valence-electron chi connectivity index (χ0n) is 7.75. The molecule has 0 heterocycles. The maximum Gasteiger partial charge on any atom is 0.0790 e. The third-order valence-electron chi connectivity index (χ3n) is 2.45. The molecule has 0 spiro atoms. The molecule has 0 amide bonds. The van der Waals surface area contributed by atoms with Gasteiger partial charge in [-0.05, 0) is 17.9 Å². The summed E-state index contributed by atoms with van der Waals surface area (Å²) in [6.45, 7) is 3.89. The fraction of sp³-hybridized carbons (Fsp3) is 0. The van der Waals surface area contributed by atoms with Gasteiger partial charge in [-0.2, -0.15) is 0 Å². The molecule has 0 unspecified atom stereocenters. The summed E-state index contributed by atoms with van der Waals surface area (Å²) in [4.78, 5) is 0. The lowest BCUT2D eigenvalue weighted by atomic mass is 10.0. The van der Waals surface area contributed by atoms with Crippen molar-refractivity contribution in [2.75, 3.05) is 17.2 Å².